The summed E-state index contributed by atoms with van der Waals surface area (Å²) >= 11 is 6.78. The van der Waals surface area contributed by atoms with Crippen LogP contribution >= 0.6 is 22.9 Å². The van der Waals surface area contributed by atoms with Crippen molar-refractivity contribution in [3.05, 3.63) is 58.4 Å². The van der Waals surface area contributed by atoms with E-state index in [1.165, 1.54) is 11.6 Å². The van der Waals surface area contributed by atoms with Crippen LogP contribution in [0.4, 0.5) is 0 Å². The van der Waals surface area contributed by atoms with Gasteiger partial charge in [0.1, 0.15) is 4.21 Å². The molecule has 142 valence electrons. The summed E-state index contributed by atoms with van der Waals surface area (Å²) < 4.78 is 27.3. The molecular formula is C19H24ClNO3S2. The fraction of sp³-hybridized carbons (Fsp3) is 0.368. The van der Waals surface area contributed by atoms with Crippen LogP contribution in [0.2, 0.25) is 4.34 Å². The zero-order valence-corrected chi connectivity index (χ0v) is 17.1. The van der Waals surface area contributed by atoms with Crippen molar-refractivity contribution in [2.75, 3.05) is 6.54 Å². The summed E-state index contributed by atoms with van der Waals surface area (Å²) in [5.41, 5.74) is 2.32. The van der Waals surface area contributed by atoms with Gasteiger partial charge in [-0.3, -0.25) is 0 Å². The molecule has 0 spiro atoms. The molecule has 1 aromatic carbocycles. The van der Waals surface area contributed by atoms with E-state index in [0.29, 0.717) is 10.8 Å². The van der Waals surface area contributed by atoms with Crippen LogP contribution in [0.15, 0.2) is 52.7 Å². The Morgan fingerprint density at radius 2 is 2.00 bits per heavy atom. The Morgan fingerprint density at radius 1 is 1.27 bits per heavy atom. The lowest BCUT2D eigenvalue weighted by Gasteiger charge is -2.12. The van der Waals surface area contributed by atoms with Gasteiger partial charge in [-0.15, -0.1) is 11.3 Å². The maximum atomic E-state index is 12.2. The topological polar surface area (TPSA) is 66.4 Å². The van der Waals surface area contributed by atoms with Crippen molar-refractivity contribution in [2.24, 2.45) is 0 Å². The fourth-order valence-corrected chi connectivity index (χ4v) is 5.06. The summed E-state index contributed by atoms with van der Waals surface area (Å²) in [5.74, 6) is 0. The van der Waals surface area contributed by atoms with Crippen LogP contribution in [0.5, 0.6) is 0 Å². The number of thiophene rings is 1. The predicted molar refractivity (Wildman–Crippen MR) is 109 cm³/mol. The van der Waals surface area contributed by atoms with Gasteiger partial charge in [0.15, 0.2) is 0 Å². The first-order chi connectivity index (χ1) is 12.4. The van der Waals surface area contributed by atoms with E-state index >= 15 is 0 Å². The van der Waals surface area contributed by atoms with Gasteiger partial charge >= 0.3 is 0 Å². The molecule has 4 nitrogen and oxygen atoms in total. The first-order valence-electron chi connectivity index (χ1n) is 8.60. The fourth-order valence-electron chi connectivity index (χ4n) is 2.46. The number of nitrogens with one attached hydrogen (secondary N) is 1. The van der Waals surface area contributed by atoms with E-state index in [4.69, 9.17) is 11.6 Å². The van der Waals surface area contributed by atoms with E-state index in [-0.39, 0.29) is 10.8 Å². The van der Waals surface area contributed by atoms with Crippen molar-refractivity contribution < 1.29 is 13.5 Å². The lowest BCUT2D eigenvalue weighted by Crippen LogP contribution is -2.31. The first-order valence-corrected chi connectivity index (χ1v) is 11.3. The highest BCUT2D eigenvalue weighted by Crippen LogP contribution is 2.25. The molecule has 2 aromatic rings. The molecular weight excluding hydrogens is 390 g/mol. The summed E-state index contributed by atoms with van der Waals surface area (Å²) in [7, 11) is -3.64. The lowest BCUT2D eigenvalue weighted by molar-refractivity contribution is 0.182. The second-order valence-corrected chi connectivity index (χ2v) is 9.71. The molecule has 0 aliphatic rings. The van der Waals surface area contributed by atoms with Crippen LogP contribution in [-0.2, 0) is 10.0 Å². The maximum Gasteiger partial charge on any atom is 0.250 e. The third-order valence-electron chi connectivity index (χ3n) is 3.90. The van der Waals surface area contributed by atoms with Crippen molar-refractivity contribution >= 4 is 38.5 Å². The van der Waals surface area contributed by atoms with Crippen LogP contribution in [0.3, 0.4) is 0 Å². The second-order valence-electron chi connectivity index (χ2n) is 6.00. The van der Waals surface area contributed by atoms with Crippen LogP contribution in [-0.4, -0.2) is 26.2 Å². The molecule has 1 aromatic heterocycles. The number of aliphatic hydroxyl groups is 1. The summed E-state index contributed by atoms with van der Waals surface area (Å²) in [6.07, 6.45) is 4.71. The molecule has 0 saturated carbocycles. The normalized spacial score (nSPS) is 13.7. The molecule has 0 radical (unpaired) electrons. The molecule has 0 aliphatic carbocycles. The SMILES string of the molecule is CCCC/C(=C\C[C@@H](O)CNS(=O)(=O)c1ccc(Cl)s1)c1ccccc1. The minimum Gasteiger partial charge on any atom is -0.391 e. The number of rotatable bonds is 10. The molecule has 1 atom stereocenters. The minimum atomic E-state index is -3.64. The van der Waals surface area contributed by atoms with E-state index in [1.807, 2.05) is 24.3 Å². The van der Waals surface area contributed by atoms with Crippen LogP contribution in [0.25, 0.3) is 5.57 Å². The van der Waals surface area contributed by atoms with Gasteiger partial charge in [-0.05, 0) is 42.5 Å². The highest BCUT2D eigenvalue weighted by atomic mass is 35.5. The molecule has 0 unspecified atom stereocenters. The Morgan fingerprint density at radius 3 is 2.62 bits per heavy atom. The van der Waals surface area contributed by atoms with Crippen molar-refractivity contribution in [3.63, 3.8) is 0 Å². The highest BCUT2D eigenvalue weighted by Gasteiger charge is 2.17. The lowest BCUT2D eigenvalue weighted by atomic mass is 9.98. The van der Waals surface area contributed by atoms with E-state index in [9.17, 15) is 13.5 Å². The maximum absolute atomic E-state index is 12.2. The van der Waals surface area contributed by atoms with Gasteiger partial charge in [0, 0.05) is 6.54 Å². The van der Waals surface area contributed by atoms with Gasteiger partial charge < -0.3 is 5.11 Å². The van der Waals surface area contributed by atoms with Gasteiger partial charge in [-0.1, -0.05) is 61.4 Å². The Hall–Kier alpha value is -1.18. The smallest absolute Gasteiger partial charge is 0.250 e. The quantitative estimate of drug-likeness (QED) is 0.593. The number of halogens is 1. The number of allylic oxidation sites excluding steroid dienone is 1. The van der Waals surface area contributed by atoms with E-state index < -0.39 is 16.1 Å². The monoisotopic (exact) mass is 413 g/mol. The molecule has 7 heteroatoms. The molecule has 2 rings (SSSR count). The van der Waals surface area contributed by atoms with E-state index in [2.05, 4.69) is 23.8 Å². The number of unbranched alkanes of at least 4 members (excludes halogenated alkanes) is 1. The minimum absolute atomic E-state index is 0.0375. The van der Waals surface area contributed by atoms with Crippen molar-refractivity contribution in [3.8, 4) is 0 Å². The first kappa shape index (κ1) is 21.1. The Balaban J connectivity index is 1.96. The van der Waals surface area contributed by atoms with Crippen LogP contribution < -0.4 is 4.72 Å². The van der Waals surface area contributed by atoms with E-state index in [1.54, 1.807) is 6.07 Å². The largest absolute Gasteiger partial charge is 0.391 e. The molecule has 2 N–H and O–H groups in total. The molecule has 26 heavy (non-hydrogen) atoms. The standard InChI is InChI=1S/C19H24ClNO3S2/c1-2-3-7-16(15-8-5-4-6-9-15)10-11-17(22)14-21-26(23,24)19-13-12-18(20)25-19/h4-6,8-10,12-13,17,21-22H,2-3,7,11,14H2,1H3/b16-10+/t17-/m1/s1. The number of aliphatic hydroxyl groups excluding tert-OH is 1. The van der Waals surface area contributed by atoms with Crippen molar-refractivity contribution in [1.82, 2.24) is 4.72 Å². The zero-order valence-electron chi connectivity index (χ0n) is 14.7. The molecule has 0 bridgehead atoms. The van der Waals surface area contributed by atoms with Gasteiger partial charge in [-0.25, -0.2) is 13.1 Å². The molecule has 0 fully saturated rings. The third kappa shape index (κ3) is 6.52. The zero-order chi connectivity index (χ0) is 19.0. The van der Waals surface area contributed by atoms with Crippen molar-refractivity contribution in [2.45, 2.75) is 42.9 Å². The third-order valence-corrected chi connectivity index (χ3v) is 7.05. The number of sulfonamides is 1. The Labute approximate surface area is 164 Å². The van der Waals surface area contributed by atoms with Gasteiger partial charge in [0.05, 0.1) is 10.4 Å². The average Bonchev–Trinajstić information content (AvgIpc) is 3.08. The summed E-state index contributed by atoms with van der Waals surface area (Å²) in [6.45, 7) is 2.10. The van der Waals surface area contributed by atoms with Crippen LogP contribution in [0, 0.1) is 0 Å². The molecule has 1 heterocycles. The van der Waals surface area contributed by atoms with Crippen LogP contribution in [0.1, 0.15) is 38.2 Å². The van der Waals surface area contributed by atoms with E-state index in [0.717, 1.165) is 36.2 Å². The van der Waals surface area contributed by atoms with Gasteiger partial charge in [-0.2, -0.15) is 0 Å². The predicted octanol–water partition coefficient (Wildman–Crippen LogP) is 4.70. The second kappa shape index (κ2) is 10.2. The average molecular weight is 414 g/mol. The molecule has 0 saturated heterocycles. The number of hydrogen-bond donors (Lipinski definition) is 2. The Kier molecular flexibility index (Phi) is 8.31. The van der Waals surface area contributed by atoms with Gasteiger partial charge in [0.25, 0.3) is 0 Å². The summed E-state index contributed by atoms with van der Waals surface area (Å²) in [4.78, 5) is 0. The van der Waals surface area contributed by atoms with Crippen molar-refractivity contribution in [1.29, 1.82) is 0 Å². The molecule has 0 amide bonds. The summed E-state index contributed by atoms with van der Waals surface area (Å²) in [6, 6.07) is 13.1. The number of hydrogen-bond acceptors (Lipinski definition) is 4. The van der Waals surface area contributed by atoms with Gasteiger partial charge in [0.2, 0.25) is 10.0 Å². The molecule has 0 aliphatic heterocycles. The summed E-state index contributed by atoms with van der Waals surface area (Å²) in [5, 5.41) is 10.2. The Bertz CT molecular complexity index is 816. The highest BCUT2D eigenvalue weighted by molar-refractivity contribution is 7.91. The number of benzene rings is 1.